The van der Waals surface area contributed by atoms with Crippen molar-refractivity contribution in [3.63, 3.8) is 0 Å². The van der Waals surface area contributed by atoms with Gasteiger partial charge in [-0.15, -0.1) is 0 Å². The van der Waals surface area contributed by atoms with Gasteiger partial charge in [0.05, 0.1) is 10.6 Å². The first-order chi connectivity index (χ1) is 17.2. The molecule has 9 heteroatoms. The van der Waals surface area contributed by atoms with Crippen LogP contribution < -0.4 is 9.62 Å². The van der Waals surface area contributed by atoms with E-state index in [0.29, 0.717) is 13.0 Å². The molecule has 3 aromatic carbocycles. The van der Waals surface area contributed by atoms with Crippen LogP contribution in [0.15, 0.2) is 89.8 Å². The van der Waals surface area contributed by atoms with Crippen LogP contribution in [0.25, 0.3) is 0 Å². The monoisotopic (exact) mass is 511 g/mol. The van der Waals surface area contributed by atoms with E-state index in [-0.39, 0.29) is 23.0 Å². The number of rotatable bonds is 11. The van der Waals surface area contributed by atoms with Gasteiger partial charge in [0.15, 0.2) is 0 Å². The van der Waals surface area contributed by atoms with Gasteiger partial charge in [0.2, 0.25) is 11.8 Å². The molecule has 0 saturated carbocycles. The molecular weight excluding hydrogens is 481 g/mol. The van der Waals surface area contributed by atoms with Crippen molar-refractivity contribution in [2.24, 2.45) is 0 Å². The number of carbonyl (C=O) groups is 2. The molecule has 1 atom stereocenters. The molecule has 2 amide bonds. The molecule has 0 heterocycles. The predicted molar refractivity (Wildman–Crippen MR) is 137 cm³/mol. The third-order valence-electron chi connectivity index (χ3n) is 5.73. The van der Waals surface area contributed by atoms with Gasteiger partial charge in [0.25, 0.3) is 10.0 Å². The maximum absolute atomic E-state index is 13.6. The third-order valence-corrected chi connectivity index (χ3v) is 7.52. The molecule has 36 heavy (non-hydrogen) atoms. The molecule has 0 unspecified atom stereocenters. The molecule has 0 radical (unpaired) electrons. The second-order valence-corrected chi connectivity index (χ2v) is 10.1. The van der Waals surface area contributed by atoms with Gasteiger partial charge in [0, 0.05) is 13.1 Å². The number of benzene rings is 3. The first kappa shape index (κ1) is 26.9. The minimum Gasteiger partial charge on any atom is -0.355 e. The lowest BCUT2D eigenvalue weighted by Crippen LogP contribution is -2.52. The van der Waals surface area contributed by atoms with Gasteiger partial charge < -0.3 is 10.2 Å². The van der Waals surface area contributed by atoms with Crippen LogP contribution in [0.2, 0.25) is 0 Å². The summed E-state index contributed by atoms with van der Waals surface area (Å²) >= 11 is 0. The second kappa shape index (κ2) is 12.3. The van der Waals surface area contributed by atoms with Crippen molar-refractivity contribution in [3.8, 4) is 0 Å². The first-order valence-corrected chi connectivity index (χ1v) is 13.1. The summed E-state index contributed by atoms with van der Waals surface area (Å²) < 4.78 is 41.5. The molecule has 7 nitrogen and oxygen atoms in total. The summed E-state index contributed by atoms with van der Waals surface area (Å²) in [5.41, 5.74) is 1.26. The van der Waals surface area contributed by atoms with Crippen LogP contribution in [0, 0.1) is 5.82 Å². The molecule has 1 N–H and O–H groups in total. The van der Waals surface area contributed by atoms with Crippen LogP contribution in [0.3, 0.4) is 0 Å². The predicted octanol–water partition coefficient (Wildman–Crippen LogP) is 3.62. The van der Waals surface area contributed by atoms with Crippen molar-refractivity contribution in [2.45, 2.75) is 31.2 Å². The van der Waals surface area contributed by atoms with Crippen LogP contribution in [0.5, 0.6) is 0 Å². The zero-order valence-corrected chi connectivity index (χ0v) is 21.1. The fraction of sp³-hybridized carbons (Fsp3) is 0.259. The number of carbonyl (C=O) groups excluding carboxylic acids is 2. The lowest BCUT2D eigenvalue weighted by atomic mass is 10.1. The Morgan fingerprint density at radius 1 is 0.917 bits per heavy atom. The van der Waals surface area contributed by atoms with E-state index in [2.05, 4.69) is 5.32 Å². The molecule has 0 aromatic heterocycles. The summed E-state index contributed by atoms with van der Waals surface area (Å²) in [6.45, 7) is 3.50. The highest BCUT2D eigenvalue weighted by atomic mass is 32.2. The highest BCUT2D eigenvalue weighted by molar-refractivity contribution is 7.92. The van der Waals surface area contributed by atoms with E-state index in [1.54, 1.807) is 44.2 Å². The van der Waals surface area contributed by atoms with Crippen molar-refractivity contribution in [1.82, 2.24) is 10.2 Å². The summed E-state index contributed by atoms with van der Waals surface area (Å²) in [4.78, 5) is 27.5. The van der Waals surface area contributed by atoms with Crippen molar-refractivity contribution < 1.29 is 22.4 Å². The fourth-order valence-electron chi connectivity index (χ4n) is 3.75. The summed E-state index contributed by atoms with van der Waals surface area (Å²) in [5, 5.41) is 2.73. The number of anilines is 1. The third kappa shape index (κ3) is 6.69. The number of halogens is 1. The van der Waals surface area contributed by atoms with E-state index in [9.17, 15) is 22.4 Å². The van der Waals surface area contributed by atoms with Gasteiger partial charge in [-0.3, -0.25) is 13.9 Å². The van der Waals surface area contributed by atoms with E-state index in [0.717, 1.165) is 34.1 Å². The summed E-state index contributed by atoms with van der Waals surface area (Å²) in [6, 6.07) is 21.4. The Kier molecular flexibility index (Phi) is 9.19. The lowest BCUT2D eigenvalue weighted by Gasteiger charge is -2.32. The van der Waals surface area contributed by atoms with Gasteiger partial charge in [-0.2, -0.15) is 0 Å². The maximum Gasteiger partial charge on any atom is 0.264 e. The minimum atomic E-state index is -4.20. The molecule has 0 aliphatic heterocycles. The average molecular weight is 512 g/mol. The summed E-state index contributed by atoms with van der Waals surface area (Å²) in [7, 11) is -4.20. The molecular formula is C27H30FN3O4S. The normalized spacial score (nSPS) is 12.0. The van der Waals surface area contributed by atoms with E-state index < -0.39 is 34.3 Å². The Bertz CT molecular complexity index is 1250. The number of nitrogens with one attached hydrogen (secondary N) is 1. The Morgan fingerprint density at radius 3 is 2.08 bits per heavy atom. The van der Waals surface area contributed by atoms with Gasteiger partial charge in [-0.25, -0.2) is 12.8 Å². The smallest absolute Gasteiger partial charge is 0.264 e. The van der Waals surface area contributed by atoms with Crippen molar-refractivity contribution >= 4 is 27.5 Å². The molecule has 0 spiro atoms. The number of para-hydroxylation sites is 1. The van der Waals surface area contributed by atoms with Gasteiger partial charge in [-0.1, -0.05) is 48.5 Å². The number of hydrogen-bond donors (Lipinski definition) is 1. The highest BCUT2D eigenvalue weighted by Gasteiger charge is 2.32. The number of amides is 2. The summed E-state index contributed by atoms with van der Waals surface area (Å²) in [6.07, 6.45) is 0.492. The standard InChI is InChI=1S/C27H30FN3O4S/c1-3-29-27(33)21(2)30(19-18-22-10-6-4-7-11-22)26(32)20-31(24-12-8-5-9-13-24)36(34,35)25-16-14-23(28)15-17-25/h4-17,21H,3,18-20H2,1-2H3,(H,29,33)/t21-/m0/s1. The number of sulfonamides is 1. The molecule has 0 bridgehead atoms. The zero-order chi connectivity index (χ0) is 26.1. The highest BCUT2D eigenvalue weighted by Crippen LogP contribution is 2.24. The topological polar surface area (TPSA) is 86.8 Å². The Hall–Kier alpha value is -3.72. The fourth-order valence-corrected chi connectivity index (χ4v) is 5.16. The van der Waals surface area contributed by atoms with Crippen molar-refractivity contribution in [2.75, 3.05) is 23.9 Å². The molecule has 0 fully saturated rings. The van der Waals surface area contributed by atoms with E-state index in [1.165, 1.54) is 4.90 Å². The molecule has 190 valence electrons. The molecule has 3 rings (SSSR count). The number of likely N-dealkylation sites (N-methyl/N-ethyl adjacent to an activating group) is 1. The van der Waals surface area contributed by atoms with Crippen LogP contribution in [0.1, 0.15) is 19.4 Å². The van der Waals surface area contributed by atoms with Crippen molar-refractivity contribution in [3.05, 3.63) is 96.3 Å². The SMILES string of the molecule is CCNC(=O)[C@H](C)N(CCc1ccccc1)C(=O)CN(c1ccccc1)S(=O)(=O)c1ccc(F)cc1. The average Bonchev–Trinajstić information content (AvgIpc) is 2.88. The van der Waals surface area contributed by atoms with E-state index in [4.69, 9.17) is 0 Å². The van der Waals surface area contributed by atoms with Gasteiger partial charge in [-0.05, 0) is 62.2 Å². The summed E-state index contributed by atoms with van der Waals surface area (Å²) in [5.74, 6) is -1.43. The number of nitrogens with zero attached hydrogens (tertiary/aromatic N) is 2. The zero-order valence-electron chi connectivity index (χ0n) is 20.3. The quantitative estimate of drug-likeness (QED) is 0.426. The Labute approximate surface area is 211 Å². The van der Waals surface area contributed by atoms with E-state index in [1.807, 2.05) is 30.3 Å². The Morgan fingerprint density at radius 2 is 1.50 bits per heavy atom. The lowest BCUT2D eigenvalue weighted by molar-refractivity contribution is -0.138. The largest absolute Gasteiger partial charge is 0.355 e. The first-order valence-electron chi connectivity index (χ1n) is 11.7. The van der Waals surface area contributed by atoms with Crippen LogP contribution in [-0.4, -0.2) is 50.8 Å². The molecule has 0 aliphatic carbocycles. The number of hydrogen-bond acceptors (Lipinski definition) is 4. The second-order valence-electron chi connectivity index (χ2n) is 8.19. The van der Waals surface area contributed by atoms with Gasteiger partial charge >= 0.3 is 0 Å². The molecule has 3 aromatic rings. The van der Waals surface area contributed by atoms with Gasteiger partial charge in [0.1, 0.15) is 18.4 Å². The Balaban J connectivity index is 1.94. The van der Waals surface area contributed by atoms with E-state index >= 15 is 0 Å². The minimum absolute atomic E-state index is 0.145. The van der Waals surface area contributed by atoms with Crippen LogP contribution in [-0.2, 0) is 26.0 Å². The molecule has 0 saturated heterocycles. The van der Waals surface area contributed by atoms with Crippen LogP contribution in [0.4, 0.5) is 10.1 Å². The van der Waals surface area contributed by atoms with Crippen molar-refractivity contribution in [1.29, 1.82) is 0 Å². The van der Waals surface area contributed by atoms with Crippen LogP contribution >= 0.6 is 0 Å². The maximum atomic E-state index is 13.6. The molecule has 0 aliphatic rings.